The molecule has 212 valence electrons. The standard InChI is InChI=1S/C20H27N7O9.2H2O/c1-8-3-26(12-2-9(31)10(4-28)35-12)20(34)25-17(8)24-13-16(21)22-6-23-18(13)27(7-30)19-15(33)14(32)11(5-29)36-19;;/h3,6-7,9-12,14-15,19,28-29,31-33H,2,4-5H2,1H3,(H2,21,22,23)(H,24,25,34);2*1H2/t9-,10+,11+,12+,14+,15+,19+;;/m0../s1. The van der Waals surface area contributed by atoms with Crippen molar-refractivity contribution in [2.45, 2.75) is 56.3 Å². The normalized spacial score (nSPS) is 28.3. The van der Waals surface area contributed by atoms with Crippen LogP contribution in [0.25, 0.3) is 0 Å². The van der Waals surface area contributed by atoms with Crippen molar-refractivity contribution in [2.75, 3.05) is 29.2 Å². The molecule has 2 aliphatic heterocycles. The number of nitrogens with one attached hydrogen (secondary N) is 1. The van der Waals surface area contributed by atoms with E-state index in [9.17, 15) is 35.1 Å². The van der Waals surface area contributed by atoms with Gasteiger partial charge in [0, 0.05) is 18.2 Å². The summed E-state index contributed by atoms with van der Waals surface area (Å²) >= 11 is 0. The quantitative estimate of drug-likeness (QED) is 0.153. The van der Waals surface area contributed by atoms with Gasteiger partial charge in [-0.05, 0) is 6.92 Å². The smallest absolute Gasteiger partial charge is 0.351 e. The molecule has 0 aromatic carbocycles. The van der Waals surface area contributed by atoms with Gasteiger partial charge in [-0.3, -0.25) is 14.3 Å². The van der Waals surface area contributed by atoms with Crippen molar-refractivity contribution in [3.63, 3.8) is 0 Å². The number of anilines is 4. The molecule has 38 heavy (non-hydrogen) atoms. The number of hydrogen-bond donors (Lipinski definition) is 7. The van der Waals surface area contributed by atoms with Gasteiger partial charge in [0.1, 0.15) is 48.5 Å². The van der Waals surface area contributed by atoms with Crippen molar-refractivity contribution in [3.05, 3.63) is 28.6 Å². The first kappa shape index (κ1) is 30.9. The maximum absolute atomic E-state index is 12.7. The van der Waals surface area contributed by atoms with Crippen molar-refractivity contribution >= 4 is 29.6 Å². The Balaban J connectivity index is 0.00000253. The van der Waals surface area contributed by atoms with E-state index in [1.165, 1.54) is 10.8 Å². The fourth-order valence-electron chi connectivity index (χ4n) is 4.11. The van der Waals surface area contributed by atoms with Crippen LogP contribution in [-0.2, 0) is 14.3 Å². The molecule has 4 rings (SSSR count). The Kier molecular flexibility index (Phi) is 10.1. The SMILES string of the molecule is Cc1cn([C@H]2C[C@H](O)[C@@H](CO)O2)c(=O)nc1Nc1c(N)ncnc1N(C=O)[C@@H]1O[C@H](CO)[C@@H](O)[C@H]1O.O.O. The lowest BCUT2D eigenvalue weighted by Crippen LogP contribution is -2.44. The summed E-state index contributed by atoms with van der Waals surface area (Å²) in [6.07, 6.45) is -5.28. The Hall–Kier alpha value is -3.33. The van der Waals surface area contributed by atoms with Crippen molar-refractivity contribution in [3.8, 4) is 0 Å². The highest BCUT2D eigenvalue weighted by atomic mass is 16.6. The van der Waals surface area contributed by atoms with Crippen LogP contribution in [0, 0.1) is 6.92 Å². The van der Waals surface area contributed by atoms with Crippen LogP contribution >= 0.6 is 0 Å². The second-order valence-electron chi connectivity index (χ2n) is 8.40. The van der Waals surface area contributed by atoms with E-state index in [0.29, 0.717) is 12.0 Å². The molecule has 2 fully saturated rings. The molecule has 0 bridgehead atoms. The Bertz CT molecular complexity index is 1170. The third-order valence-electron chi connectivity index (χ3n) is 6.08. The van der Waals surface area contributed by atoms with Gasteiger partial charge in [0.25, 0.3) is 0 Å². The number of aliphatic hydroxyl groups is 5. The molecule has 7 atom stereocenters. The lowest BCUT2D eigenvalue weighted by atomic mass is 10.1. The highest BCUT2D eigenvalue weighted by molar-refractivity contribution is 5.88. The van der Waals surface area contributed by atoms with Crippen LogP contribution in [0.4, 0.5) is 23.1 Å². The summed E-state index contributed by atoms with van der Waals surface area (Å²) in [5.74, 6) is -0.231. The second kappa shape index (κ2) is 12.5. The third-order valence-corrected chi connectivity index (χ3v) is 6.08. The summed E-state index contributed by atoms with van der Waals surface area (Å²) in [4.78, 5) is 37.5. The van der Waals surface area contributed by atoms with E-state index in [1.54, 1.807) is 6.92 Å². The minimum Gasteiger partial charge on any atom is -0.412 e. The van der Waals surface area contributed by atoms with Gasteiger partial charge in [0.2, 0.25) is 6.41 Å². The lowest BCUT2D eigenvalue weighted by molar-refractivity contribution is -0.111. The number of aromatic nitrogens is 4. The minimum atomic E-state index is -1.57. The van der Waals surface area contributed by atoms with Gasteiger partial charge in [-0.1, -0.05) is 0 Å². The van der Waals surface area contributed by atoms with E-state index in [2.05, 4.69) is 20.3 Å². The van der Waals surface area contributed by atoms with Crippen LogP contribution in [0.3, 0.4) is 0 Å². The molecule has 2 saturated heterocycles. The molecule has 1 amide bonds. The summed E-state index contributed by atoms with van der Waals surface area (Å²) in [5.41, 5.74) is 5.68. The molecule has 4 heterocycles. The van der Waals surface area contributed by atoms with Gasteiger partial charge in [-0.2, -0.15) is 4.98 Å². The van der Waals surface area contributed by atoms with Crippen molar-refractivity contribution in [1.82, 2.24) is 19.5 Å². The molecule has 0 unspecified atom stereocenters. The van der Waals surface area contributed by atoms with Gasteiger partial charge in [0.05, 0.1) is 19.3 Å². The molecule has 2 aliphatic rings. The Morgan fingerprint density at radius 2 is 1.84 bits per heavy atom. The zero-order valence-corrected chi connectivity index (χ0v) is 20.1. The van der Waals surface area contributed by atoms with Gasteiger partial charge >= 0.3 is 5.69 Å². The predicted octanol–water partition coefficient (Wildman–Crippen LogP) is -4.94. The van der Waals surface area contributed by atoms with E-state index in [4.69, 9.17) is 15.2 Å². The van der Waals surface area contributed by atoms with Crippen LogP contribution in [0.1, 0.15) is 18.2 Å². The number of carbonyl (C=O) groups excluding carboxylic acids is 1. The zero-order valence-electron chi connectivity index (χ0n) is 20.1. The van der Waals surface area contributed by atoms with Crippen LogP contribution in [0.2, 0.25) is 0 Å². The number of ether oxygens (including phenoxy) is 2. The van der Waals surface area contributed by atoms with E-state index in [0.717, 1.165) is 11.2 Å². The summed E-state index contributed by atoms with van der Waals surface area (Å²) in [5, 5.41) is 51.9. The summed E-state index contributed by atoms with van der Waals surface area (Å²) in [6.45, 7) is 0.624. The Morgan fingerprint density at radius 1 is 1.16 bits per heavy atom. The largest absolute Gasteiger partial charge is 0.412 e. The van der Waals surface area contributed by atoms with Crippen LogP contribution < -0.4 is 21.6 Å². The molecule has 0 radical (unpaired) electrons. The molecular formula is C20H31N7O11. The highest BCUT2D eigenvalue weighted by Crippen LogP contribution is 2.35. The molecule has 0 saturated carbocycles. The number of aryl methyl sites for hydroxylation is 1. The lowest BCUT2D eigenvalue weighted by Gasteiger charge is -2.27. The van der Waals surface area contributed by atoms with Gasteiger partial charge in [-0.15, -0.1) is 0 Å². The van der Waals surface area contributed by atoms with E-state index in [1.807, 2.05) is 0 Å². The molecule has 18 heteroatoms. The van der Waals surface area contributed by atoms with E-state index in [-0.39, 0.29) is 40.5 Å². The number of amides is 1. The van der Waals surface area contributed by atoms with Gasteiger partial charge < -0.3 is 57.0 Å². The number of aliphatic hydroxyl groups excluding tert-OH is 5. The molecule has 0 spiro atoms. The number of hydrogen-bond acceptors (Lipinski definition) is 14. The van der Waals surface area contributed by atoms with Crippen molar-refractivity contribution < 1.29 is 50.8 Å². The van der Waals surface area contributed by atoms with Crippen LogP contribution in [-0.4, -0.2) is 112 Å². The van der Waals surface area contributed by atoms with E-state index >= 15 is 0 Å². The summed E-state index contributed by atoms with van der Waals surface area (Å²) in [6, 6.07) is 0. The average Bonchev–Trinajstić information content (AvgIpc) is 3.37. The molecule has 2 aromatic rings. The number of nitrogens with zero attached hydrogens (tertiary/aromatic N) is 5. The number of rotatable bonds is 8. The Morgan fingerprint density at radius 3 is 2.42 bits per heavy atom. The third kappa shape index (κ3) is 5.57. The fraction of sp³-hybridized carbons (Fsp3) is 0.550. The maximum atomic E-state index is 12.7. The molecular weight excluding hydrogens is 514 g/mol. The molecule has 2 aromatic heterocycles. The van der Waals surface area contributed by atoms with E-state index < -0.39 is 61.9 Å². The topological polar surface area (TPSA) is 302 Å². The van der Waals surface area contributed by atoms with Gasteiger partial charge in [0.15, 0.2) is 17.9 Å². The molecule has 18 nitrogen and oxygen atoms in total. The van der Waals surface area contributed by atoms with Crippen molar-refractivity contribution in [2.24, 2.45) is 0 Å². The summed E-state index contributed by atoms with van der Waals surface area (Å²) < 4.78 is 12.1. The molecule has 0 aliphatic carbocycles. The number of carbonyl (C=O) groups is 1. The van der Waals surface area contributed by atoms with Crippen LogP contribution in [0.5, 0.6) is 0 Å². The highest BCUT2D eigenvalue weighted by Gasteiger charge is 2.46. The average molecular weight is 546 g/mol. The fourth-order valence-corrected chi connectivity index (χ4v) is 4.11. The minimum absolute atomic E-state index is 0. The zero-order chi connectivity index (χ0) is 26.1. The van der Waals surface area contributed by atoms with Crippen LogP contribution in [0.15, 0.2) is 17.3 Å². The first-order chi connectivity index (χ1) is 17.2. The summed E-state index contributed by atoms with van der Waals surface area (Å²) in [7, 11) is 0. The predicted molar refractivity (Wildman–Crippen MR) is 128 cm³/mol. The van der Waals surface area contributed by atoms with Gasteiger partial charge in [-0.25, -0.2) is 14.8 Å². The first-order valence-corrected chi connectivity index (χ1v) is 11.0. The Labute approximate surface area is 214 Å². The maximum Gasteiger partial charge on any atom is 0.351 e. The second-order valence-corrected chi connectivity index (χ2v) is 8.40. The number of nitrogens with two attached hydrogens (primary N) is 1. The first-order valence-electron chi connectivity index (χ1n) is 11.0. The molecule has 12 N–H and O–H groups in total. The number of nitrogen functional groups attached to an aromatic ring is 1. The monoisotopic (exact) mass is 545 g/mol. The van der Waals surface area contributed by atoms with Crippen molar-refractivity contribution in [1.29, 1.82) is 0 Å².